The molecular weight excluding hydrogens is 168 g/mol. The van der Waals surface area contributed by atoms with E-state index in [9.17, 15) is 0 Å². The van der Waals surface area contributed by atoms with Gasteiger partial charge in [-0.15, -0.1) is 0 Å². The van der Waals surface area contributed by atoms with E-state index in [0.29, 0.717) is 0 Å². The molecule has 1 heterocycles. The van der Waals surface area contributed by atoms with E-state index in [0.717, 1.165) is 0 Å². The number of hydrogen-bond acceptors (Lipinski definition) is 6. The first-order chi connectivity index (χ1) is 5.57. The van der Waals surface area contributed by atoms with Crippen LogP contribution in [0.2, 0.25) is 0 Å². The van der Waals surface area contributed by atoms with E-state index in [2.05, 4.69) is 4.74 Å². The molecule has 1 fully saturated rings. The number of aliphatic hydroxyl groups is 5. The molecule has 5 N–H and O–H groups in total. The van der Waals surface area contributed by atoms with Gasteiger partial charge in [-0.05, 0) is 0 Å². The molecule has 0 aromatic rings. The van der Waals surface area contributed by atoms with Crippen molar-refractivity contribution in [3.63, 3.8) is 0 Å². The molecule has 1 rings (SSSR count). The average molecular weight is 180 g/mol. The lowest BCUT2D eigenvalue weighted by molar-refractivity contribution is -0.286. The molecule has 6 heteroatoms. The topological polar surface area (TPSA) is 110 Å². The van der Waals surface area contributed by atoms with Crippen LogP contribution in [0.15, 0.2) is 0 Å². The second kappa shape index (κ2) is 3.65. The summed E-state index contributed by atoms with van der Waals surface area (Å²) in [5, 5.41) is 44.7. The SMILES string of the molecule is OC[C@H]1O[C@@H](O)[C@@H](O)[C@H](O)[C@H]1O. The monoisotopic (exact) mass is 180 g/mol. The fourth-order valence-corrected chi connectivity index (χ4v) is 1.08. The van der Waals surface area contributed by atoms with Crippen LogP contribution in [0.25, 0.3) is 0 Å². The zero-order chi connectivity index (χ0) is 9.30. The smallest absolute Gasteiger partial charge is 0.184 e. The van der Waals surface area contributed by atoms with Crippen molar-refractivity contribution < 1.29 is 30.3 Å². The maximum Gasteiger partial charge on any atom is 0.184 e. The molecule has 0 amide bonds. The summed E-state index contributed by atoms with van der Waals surface area (Å²) in [4.78, 5) is 0. The molecule has 0 aromatic carbocycles. The van der Waals surface area contributed by atoms with Crippen LogP contribution >= 0.6 is 0 Å². The van der Waals surface area contributed by atoms with Gasteiger partial charge in [0.1, 0.15) is 24.4 Å². The van der Waals surface area contributed by atoms with Crippen molar-refractivity contribution in [1.82, 2.24) is 0 Å². The zero-order valence-corrected chi connectivity index (χ0v) is 6.24. The van der Waals surface area contributed by atoms with Gasteiger partial charge in [-0.1, -0.05) is 0 Å². The van der Waals surface area contributed by atoms with Gasteiger partial charge in [-0.25, -0.2) is 0 Å². The summed E-state index contributed by atoms with van der Waals surface area (Å²) in [5.74, 6) is 0. The summed E-state index contributed by atoms with van der Waals surface area (Å²) < 4.78 is 4.58. The van der Waals surface area contributed by atoms with Crippen LogP contribution in [-0.2, 0) is 4.74 Å². The van der Waals surface area contributed by atoms with Crippen LogP contribution in [0.5, 0.6) is 0 Å². The predicted octanol–water partition coefficient (Wildman–Crippen LogP) is -3.22. The molecule has 6 nitrogen and oxygen atoms in total. The Morgan fingerprint density at radius 1 is 0.917 bits per heavy atom. The maximum atomic E-state index is 9.12. The van der Waals surface area contributed by atoms with E-state index in [4.69, 9.17) is 25.5 Å². The molecule has 12 heavy (non-hydrogen) atoms. The molecule has 72 valence electrons. The Balaban J connectivity index is 2.63. The van der Waals surface area contributed by atoms with Gasteiger partial charge >= 0.3 is 0 Å². The van der Waals surface area contributed by atoms with Crippen molar-refractivity contribution in [3.8, 4) is 0 Å². The summed E-state index contributed by atoms with van der Waals surface area (Å²) in [6.45, 7) is -0.526. The minimum absolute atomic E-state index is 0.526. The highest BCUT2D eigenvalue weighted by atomic mass is 16.6. The standard InChI is InChI=1S/C6H12O6/c7-1-2-3(8)4(9)5(10)6(11)12-2/h2-11H,1H2/t2-,3+,4-,5+,6-/m1/s1. The van der Waals surface area contributed by atoms with Crippen LogP contribution in [0.3, 0.4) is 0 Å². The fraction of sp³-hybridized carbons (Fsp3) is 1.00. The summed E-state index contributed by atoms with van der Waals surface area (Å²) in [6, 6.07) is 0. The van der Waals surface area contributed by atoms with Crippen LogP contribution in [0.1, 0.15) is 0 Å². The largest absolute Gasteiger partial charge is 0.394 e. The number of ether oxygens (including phenoxy) is 1. The van der Waals surface area contributed by atoms with E-state index in [-0.39, 0.29) is 0 Å². The van der Waals surface area contributed by atoms with Gasteiger partial charge in [0.25, 0.3) is 0 Å². The molecule has 0 spiro atoms. The molecule has 0 bridgehead atoms. The zero-order valence-electron chi connectivity index (χ0n) is 6.24. The second-order valence-corrected chi connectivity index (χ2v) is 2.72. The summed E-state index contributed by atoms with van der Waals surface area (Å²) in [6.07, 6.45) is -7.04. The van der Waals surface area contributed by atoms with Gasteiger partial charge in [0, 0.05) is 0 Å². The third-order valence-electron chi connectivity index (χ3n) is 1.87. The Morgan fingerprint density at radius 3 is 2.00 bits per heavy atom. The molecule has 0 aliphatic carbocycles. The molecule has 5 atom stereocenters. The molecular formula is C6H12O6. The number of hydrogen-bond donors (Lipinski definition) is 5. The Bertz CT molecular complexity index is 146. The van der Waals surface area contributed by atoms with E-state index in [1.54, 1.807) is 0 Å². The predicted molar refractivity (Wildman–Crippen MR) is 36.0 cm³/mol. The van der Waals surface area contributed by atoms with Crippen molar-refractivity contribution in [1.29, 1.82) is 0 Å². The van der Waals surface area contributed by atoms with Gasteiger partial charge in [-0.2, -0.15) is 0 Å². The van der Waals surface area contributed by atoms with Gasteiger partial charge in [0.2, 0.25) is 0 Å². The van der Waals surface area contributed by atoms with Crippen LogP contribution in [0.4, 0.5) is 0 Å². The Labute approximate surface area is 68.6 Å². The Morgan fingerprint density at radius 2 is 1.50 bits per heavy atom. The van der Waals surface area contributed by atoms with Crippen molar-refractivity contribution in [2.24, 2.45) is 0 Å². The normalized spacial score (nSPS) is 49.2. The molecule has 1 aliphatic rings. The van der Waals surface area contributed by atoms with Crippen molar-refractivity contribution in [3.05, 3.63) is 0 Å². The van der Waals surface area contributed by atoms with Crippen molar-refractivity contribution in [2.75, 3.05) is 6.61 Å². The van der Waals surface area contributed by atoms with Crippen molar-refractivity contribution >= 4 is 0 Å². The van der Waals surface area contributed by atoms with Crippen LogP contribution in [0, 0.1) is 0 Å². The third kappa shape index (κ3) is 1.58. The van der Waals surface area contributed by atoms with E-state index < -0.39 is 37.3 Å². The lowest BCUT2D eigenvalue weighted by Crippen LogP contribution is -2.58. The van der Waals surface area contributed by atoms with Gasteiger partial charge in [0.05, 0.1) is 6.61 Å². The highest BCUT2D eigenvalue weighted by Gasteiger charge is 2.42. The van der Waals surface area contributed by atoms with Crippen molar-refractivity contribution in [2.45, 2.75) is 30.7 Å². The molecule has 0 unspecified atom stereocenters. The molecule has 0 aromatic heterocycles. The third-order valence-corrected chi connectivity index (χ3v) is 1.87. The minimum Gasteiger partial charge on any atom is -0.394 e. The first kappa shape index (κ1) is 9.85. The molecule has 1 saturated heterocycles. The summed E-state index contributed by atoms with van der Waals surface area (Å²) in [5.41, 5.74) is 0. The van der Waals surface area contributed by atoms with E-state index >= 15 is 0 Å². The summed E-state index contributed by atoms with van der Waals surface area (Å²) >= 11 is 0. The van der Waals surface area contributed by atoms with Gasteiger partial charge in [-0.3, -0.25) is 0 Å². The minimum atomic E-state index is -1.57. The van der Waals surface area contributed by atoms with Crippen LogP contribution < -0.4 is 0 Å². The number of rotatable bonds is 1. The van der Waals surface area contributed by atoms with E-state index in [1.165, 1.54) is 0 Å². The second-order valence-electron chi connectivity index (χ2n) is 2.72. The van der Waals surface area contributed by atoms with E-state index in [1.807, 2.05) is 0 Å². The average Bonchev–Trinajstić information content (AvgIpc) is 2.08. The lowest BCUT2D eigenvalue weighted by Gasteiger charge is -2.37. The maximum absolute atomic E-state index is 9.12. The Hall–Kier alpha value is -0.240. The molecule has 0 saturated carbocycles. The summed E-state index contributed by atoms with van der Waals surface area (Å²) in [7, 11) is 0. The number of aliphatic hydroxyl groups excluding tert-OH is 5. The van der Waals surface area contributed by atoms with Gasteiger partial charge < -0.3 is 30.3 Å². The fourth-order valence-electron chi connectivity index (χ4n) is 1.08. The quantitative estimate of drug-likeness (QED) is 0.290. The highest BCUT2D eigenvalue weighted by Crippen LogP contribution is 2.18. The molecule has 0 radical (unpaired) electrons. The molecule has 1 aliphatic heterocycles. The highest BCUT2D eigenvalue weighted by molar-refractivity contribution is 4.87. The Kier molecular flexibility index (Phi) is 2.99. The first-order valence-corrected chi connectivity index (χ1v) is 3.56. The first-order valence-electron chi connectivity index (χ1n) is 3.56. The lowest BCUT2D eigenvalue weighted by atomic mass is 10.00. The van der Waals surface area contributed by atoms with Crippen LogP contribution in [-0.4, -0.2) is 62.8 Å². The van der Waals surface area contributed by atoms with Gasteiger partial charge in [0.15, 0.2) is 6.29 Å².